The molecular formula is C15H22FNO. The summed E-state index contributed by atoms with van der Waals surface area (Å²) in [7, 11) is 0. The summed E-state index contributed by atoms with van der Waals surface area (Å²) in [5.41, 5.74) is 0.835. The zero-order chi connectivity index (χ0) is 13.6. The molecule has 0 amide bonds. The second-order valence-electron chi connectivity index (χ2n) is 5.24. The first-order valence-corrected chi connectivity index (χ1v) is 6.20. The van der Waals surface area contributed by atoms with E-state index >= 15 is 0 Å². The van der Waals surface area contributed by atoms with E-state index in [4.69, 9.17) is 4.74 Å². The van der Waals surface area contributed by atoms with Gasteiger partial charge in [0.25, 0.3) is 0 Å². The van der Waals surface area contributed by atoms with Crippen LogP contribution in [0.15, 0.2) is 30.4 Å². The Hall–Kier alpha value is -1.35. The van der Waals surface area contributed by atoms with Gasteiger partial charge in [0.2, 0.25) is 0 Å². The lowest BCUT2D eigenvalue weighted by Crippen LogP contribution is -2.35. The molecule has 1 rings (SSSR count). The Morgan fingerprint density at radius 3 is 2.67 bits per heavy atom. The van der Waals surface area contributed by atoms with Crippen molar-refractivity contribution in [2.45, 2.75) is 39.8 Å². The average molecular weight is 251 g/mol. The highest BCUT2D eigenvalue weighted by Gasteiger charge is 2.11. The van der Waals surface area contributed by atoms with Gasteiger partial charge in [-0.3, -0.25) is 0 Å². The van der Waals surface area contributed by atoms with Crippen LogP contribution in [0.5, 0.6) is 5.75 Å². The first-order valence-electron chi connectivity index (χ1n) is 6.20. The monoisotopic (exact) mass is 251 g/mol. The van der Waals surface area contributed by atoms with Crippen LogP contribution in [0.1, 0.15) is 33.3 Å². The molecule has 0 saturated carbocycles. The Labute approximate surface area is 109 Å². The van der Waals surface area contributed by atoms with Crippen molar-refractivity contribution in [1.29, 1.82) is 0 Å². The fourth-order valence-electron chi connectivity index (χ4n) is 1.42. The normalized spacial score (nSPS) is 12.1. The summed E-state index contributed by atoms with van der Waals surface area (Å²) in [5, 5.41) is 3.33. The zero-order valence-electron chi connectivity index (χ0n) is 11.6. The van der Waals surface area contributed by atoms with Crippen LogP contribution in [0.25, 0.3) is 0 Å². The average Bonchev–Trinajstić information content (AvgIpc) is 2.28. The maximum absolute atomic E-state index is 13.3. The number of nitrogens with one attached hydrogen (secondary N) is 1. The molecular weight excluding hydrogens is 229 g/mol. The van der Waals surface area contributed by atoms with Crippen LogP contribution in [0.3, 0.4) is 0 Å². The number of hydrogen-bond donors (Lipinski definition) is 1. The highest BCUT2D eigenvalue weighted by Crippen LogP contribution is 2.20. The molecule has 0 aliphatic carbocycles. The first-order chi connectivity index (χ1) is 8.42. The van der Waals surface area contributed by atoms with Gasteiger partial charge in [-0.2, -0.15) is 0 Å². The number of rotatable bonds is 5. The van der Waals surface area contributed by atoms with E-state index < -0.39 is 0 Å². The van der Waals surface area contributed by atoms with Gasteiger partial charge in [-0.25, -0.2) is 4.39 Å². The van der Waals surface area contributed by atoms with E-state index in [9.17, 15) is 4.39 Å². The smallest absolute Gasteiger partial charge is 0.124 e. The third-order valence-corrected chi connectivity index (χ3v) is 2.40. The molecule has 1 aromatic rings. The molecule has 1 N–H and O–H groups in total. The van der Waals surface area contributed by atoms with Gasteiger partial charge < -0.3 is 10.1 Å². The summed E-state index contributed by atoms with van der Waals surface area (Å²) >= 11 is 0. The first kappa shape index (κ1) is 14.7. The summed E-state index contributed by atoms with van der Waals surface area (Å²) in [4.78, 5) is 0. The Kier molecular flexibility index (Phi) is 5.35. The molecule has 3 heteroatoms. The number of ether oxygens (including phenoxy) is 1. The minimum atomic E-state index is -0.237. The maximum atomic E-state index is 13.3. The van der Waals surface area contributed by atoms with Crippen molar-refractivity contribution >= 4 is 0 Å². The van der Waals surface area contributed by atoms with Gasteiger partial charge in [-0.1, -0.05) is 12.2 Å². The van der Waals surface area contributed by atoms with Gasteiger partial charge in [-0.15, -0.1) is 0 Å². The molecule has 100 valence electrons. The minimum Gasteiger partial charge on any atom is -0.489 e. The third-order valence-electron chi connectivity index (χ3n) is 2.40. The van der Waals surface area contributed by atoms with Crippen LogP contribution < -0.4 is 10.1 Å². The number of halogens is 1. The molecule has 18 heavy (non-hydrogen) atoms. The lowest BCUT2D eigenvalue weighted by atomic mass is 10.1. The lowest BCUT2D eigenvalue weighted by Gasteiger charge is -2.21. The molecule has 0 spiro atoms. The molecule has 0 unspecified atom stereocenters. The van der Waals surface area contributed by atoms with Crippen LogP contribution in [-0.2, 0) is 6.54 Å². The summed E-state index contributed by atoms with van der Waals surface area (Å²) in [6.07, 6.45) is 3.85. The van der Waals surface area contributed by atoms with Gasteiger partial charge in [0.15, 0.2) is 0 Å². The quantitative estimate of drug-likeness (QED) is 0.806. The highest BCUT2D eigenvalue weighted by molar-refractivity contribution is 5.34. The molecule has 0 atom stereocenters. The predicted octanol–water partition coefficient (Wildman–Crippen LogP) is 3.67. The van der Waals surface area contributed by atoms with E-state index in [0.717, 1.165) is 11.3 Å². The van der Waals surface area contributed by atoms with Gasteiger partial charge in [-0.05, 0) is 45.9 Å². The standard InChI is InChI=1S/C15H22FNO/c1-5-6-9-18-14-8-7-13(16)10-12(14)11-17-15(2,3)4/h5-8,10,17H,9,11H2,1-4H3/b6-5+. The largest absolute Gasteiger partial charge is 0.489 e. The third kappa shape index (κ3) is 5.32. The van der Waals surface area contributed by atoms with Gasteiger partial charge in [0.1, 0.15) is 18.2 Å². The van der Waals surface area contributed by atoms with Crippen LogP contribution in [-0.4, -0.2) is 12.1 Å². The minimum absolute atomic E-state index is 0.00703. The molecule has 0 fully saturated rings. The van der Waals surface area contributed by atoms with Gasteiger partial charge in [0, 0.05) is 17.6 Å². The molecule has 1 aromatic carbocycles. The zero-order valence-corrected chi connectivity index (χ0v) is 11.6. The van der Waals surface area contributed by atoms with Crippen molar-refractivity contribution in [3.63, 3.8) is 0 Å². The van der Waals surface area contributed by atoms with E-state index in [1.54, 1.807) is 6.07 Å². The second-order valence-corrected chi connectivity index (χ2v) is 5.24. The van der Waals surface area contributed by atoms with Crippen LogP contribution in [0.2, 0.25) is 0 Å². The molecule has 0 aliphatic heterocycles. The van der Waals surface area contributed by atoms with E-state index in [0.29, 0.717) is 13.2 Å². The number of allylic oxidation sites excluding steroid dienone is 1. The van der Waals surface area contributed by atoms with Gasteiger partial charge in [0.05, 0.1) is 0 Å². The molecule has 0 radical (unpaired) electrons. The summed E-state index contributed by atoms with van der Waals surface area (Å²) < 4.78 is 18.9. The van der Waals surface area contributed by atoms with Crippen molar-refractivity contribution in [2.24, 2.45) is 0 Å². The summed E-state index contributed by atoms with van der Waals surface area (Å²) in [6, 6.07) is 4.62. The molecule has 0 aliphatic rings. The second kappa shape index (κ2) is 6.55. The molecule has 0 bridgehead atoms. The topological polar surface area (TPSA) is 21.3 Å². The van der Waals surface area contributed by atoms with Crippen molar-refractivity contribution in [1.82, 2.24) is 5.32 Å². The lowest BCUT2D eigenvalue weighted by molar-refractivity contribution is 0.351. The molecule has 0 heterocycles. The number of benzene rings is 1. The van der Waals surface area contributed by atoms with Crippen LogP contribution in [0.4, 0.5) is 4.39 Å². The van der Waals surface area contributed by atoms with E-state index in [1.807, 2.05) is 19.1 Å². The van der Waals surface area contributed by atoms with Crippen LogP contribution >= 0.6 is 0 Å². The SMILES string of the molecule is C/C=C/COc1ccc(F)cc1CNC(C)(C)C. The van der Waals surface area contributed by atoms with Crippen molar-refractivity contribution in [2.75, 3.05) is 6.61 Å². The summed E-state index contributed by atoms with van der Waals surface area (Å²) in [6.45, 7) is 9.26. The highest BCUT2D eigenvalue weighted by atomic mass is 19.1. The molecule has 2 nitrogen and oxygen atoms in total. The molecule has 0 aromatic heterocycles. The molecule has 0 saturated heterocycles. The van der Waals surface area contributed by atoms with E-state index in [1.165, 1.54) is 12.1 Å². The number of hydrogen-bond acceptors (Lipinski definition) is 2. The van der Waals surface area contributed by atoms with Crippen molar-refractivity contribution in [3.8, 4) is 5.75 Å². The van der Waals surface area contributed by atoms with Gasteiger partial charge >= 0.3 is 0 Å². The maximum Gasteiger partial charge on any atom is 0.124 e. The fourth-order valence-corrected chi connectivity index (χ4v) is 1.42. The predicted molar refractivity (Wildman–Crippen MR) is 73.3 cm³/mol. The van der Waals surface area contributed by atoms with E-state index in [2.05, 4.69) is 26.1 Å². The Morgan fingerprint density at radius 2 is 2.06 bits per heavy atom. The van der Waals surface area contributed by atoms with Crippen LogP contribution in [0, 0.1) is 5.82 Å². The van der Waals surface area contributed by atoms with E-state index in [-0.39, 0.29) is 11.4 Å². The Balaban J connectivity index is 2.76. The Morgan fingerprint density at radius 1 is 1.33 bits per heavy atom. The summed E-state index contributed by atoms with van der Waals surface area (Å²) in [5.74, 6) is 0.491. The fraction of sp³-hybridized carbons (Fsp3) is 0.467. The van der Waals surface area contributed by atoms with Crippen molar-refractivity contribution in [3.05, 3.63) is 41.7 Å². The van der Waals surface area contributed by atoms with Crippen molar-refractivity contribution < 1.29 is 9.13 Å². The Bertz CT molecular complexity index is 407.